The van der Waals surface area contributed by atoms with Gasteiger partial charge in [-0.15, -0.1) is 0 Å². The van der Waals surface area contributed by atoms with Crippen molar-refractivity contribution in [3.63, 3.8) is 0 Å². The lowest BCUT2D eigenvalue weighted by Gasteiger charge is -2.35. The second-order valence-electron chi connectivity index (χ2n) is 5.62. The van der Waals surface area contributed by atoms with Gasteiger partial charge in [0.25, 0.3) is 0 Å². The second kappa shape index (κ2) is 7.00. The summed E-state index contributed by atoms with van der Waals surface area (Å²) >= 11 is 5.91. The molecular weight excluding hydrogens is 365 g/mol. The molecule has 0 aliphatic carbocycles. The zero-order valence-corrected chi connectivity index (χ0v) is 14.8. The van der Waals surface area contributed by atoms with Crippen LogP contribution in [0.3, 0.4) is 0 Å². The number of benzene rings is 2. The number of hydrogen-bond acceptors (Lipinski definition) is 4. The first-order chi connectivity index (χ1) is 11.9. The van der Waals surface area contributed by atoms with E-state index >= 15 is 0 Å². The van der Waals surface area contributed by atoms with Crippen LogP contribution in [0.5, 0.6) is 0 Å². The maximum atomic E-state index is 13.0. The molecule has 1 fully saturated rings. The molecule has 0 aromatic heterocycles. The van der Waals surface area contributed by atoms with Crippen molar-refractivity contribution < 1.29 is 12.8 Å². The Morgan fingerprint density at radius 2 is 1.68 bits per heavy atom. The van der Waals surface area contributed by atoms with Crippen LogP contribution in [0.2, 0.25) is 5.02 Å². The Kier molecular flexibility index (Phi) is 4.95. The minimum absolute atomic E-state index is 0.0755. The fraction of sp³-hybridized carbons (Fsp3) is 0.235. The minimum Gasteiger partial charge on any atom is -0.368 e. The number of anilines is 1. The fourth-order valence-electron chi connectivity index (χ4n) is 2.80. The Hall–Kier alpha value is -2.14. The SMILES string of the molecule is N#Cc1cc(Cl)ccc1N1CCN(S(=O)(=O)c2ccc(F)cc2)CC1. The van der Waals surface area contributed by atoms with Gasteiger partial charge in [-0.1, -0.05) is 11.6 Å². The molecule has 0 spiro atoms. The first-order valence-corrected chi connectivity index (χ1v) is 9.44. The van der Waals surface area contributed by atoms with Crippen LogP contribution in [0.4, 0.5) is 10.1 Å². The molecule has 0 bridgehead atoms. The summed E-state index contributed by atoms with van der Waals surface area (Å²) in [5.41, 5.74) is 1.20. The molecule has 8 heteroatoms. The average molecular weight is 380 g/mol. The Morgan fingerprint density at radius 3 is 2.28 bits per heavy atom. The summed E-state index contributed by atoms with van der Waals surface area (Å²) in [4.78, 5) is 2.04. The van der Waals surface area contributed by atoms with Crippen LogP contribution in [0, 0.1) is 17.1 Å². The van der Waals surface area contributed by atoms with Crippen LogP contribution in [-0.2, 0) is 10.0 Å². The summed E-state index contributed by atoms with van der Waals surface area (Å²) in [7, 11) is -3.65. The quantitative estimate of drug-likeness (QED) is 0.822. The lowest BCUT2D eigenvalue weighted by molar-refractivity contribution is 0.385. The van der Waals surface area contributed by atoms with Crippen LogP contribution >= 0.6 is 11.6 Å². The third-order valence-electron chi connectivity index (χ3n) is 4.11. The summed E-state index contributed by atoms with van der Waals surface area (Å²) in [6.07, 6.45) is 0. The van der Waals surface area contributed by atoms with Crippen molar-refractivity contribution in [2.24, 2.45) is 0 Å². The zero-order valence-electron chi connectivity index (χ0n) is 13.2. The van der Waals surface area contributed by atoms with Gasteiger partial charge in [-0.25, -0.2) is 12.8 Å². The van der Waals surface area contributed by atoms with E-state index in [0.717, 1.165) is 17.8 Å². The topological polar surface area (TPSA) is 64.4 Å². The third-order valence-corrected chi connectivity index (χ3v) is 6.26. The van der Waals surface area contributed by atoms with Crippen LogP contribution in [0.15, 0.2) is 47.4 Å². The molecule has 3 rings (SSSR count). The molecule has 130 valence electrons. The summed E-state index contributed by atoms with van der Waals surface area (Å²) in [5.74, 6) is -0.476. The summed E-state index contributed by atoms with van der Waals surface area (Å²) in [5, 5.41) is 9.74. The average Bonchev–Trinajstić information content (AvgIpc) is 2.62. The van der Waals surface area contributed by atoms with Gasteiger partial charge in [0.15, 0.2) is 0 Å². The maximum Gasteiger partial charge on any atom is 0.243 e. The Bertz CT molecular complexity index is 918. The van der Waals surface area contributed by atoms with E-state index < -0.39 is 15.8 Å². The summed E-state index contributed by atoms with van der Waals surface area (Å²) in [6.45, 7) is 1.48. The molecule has 2 aromatic rings. The van der Waals surface area contributed by atoms with Gasteiger partial charge in [0.2, 0.25) is 10.0 Å². The van der Waals surface area contributed by atoms with E-state index in [-0.39, 0.29) is 18.0 Å². The molecule has 1 heterocycles. The van der Waals surface area contributed by atoms with Crippen molar-refractivity contribution in [2.75, 3.05) is 31.1 Å². The van der Waals surface area contributed by atoms with Crippen LogP contribution in [-0.4, -0.2) is 38.9 Å². The molecule has 1 aliphatic heterocycles. The molecule has 1 saturated heterocycles. The lowest BCUT2D eigenvalue weighted by Crippen LogP contribution is -2.48. The minimum atomic E-state index is -3.65. The van der Waals surface area contributed by atoms with Crippen LogP contribution < -0.4 is 4.90 Å². The number of nitrogens with zero attached hydrogens (tertiary/aromatic N) is 3. The van der Waals surface area contributed by atoms with E-state index in [1.54, 1.807) is 18.2 Å². The highest BCUT2D eigenvalue weighted by Gasteiger charge is 2.29. The van der Waals surface area contributed by atoms with E-state index in [0.29, 0.717) is 23.7 Å². The first-order valence-electron chi connectivity index (χ1n) is 7.62. The third kappa shape index (κ3) is 3.61. The molecule has 2 aromatic carbocycles. The number of halogens is 2. The standard InChI is InChI=1S/C17H15ClFN3O2S/c18-14-1-6-17(13(11-14)12-20)21-7-9-22(10-8-21)25(23,24)16-4-2-15(19)3-5-16/h1-6,11H,7-10H2. The largest absolute Gasteiger partial charge is 0.368 e. The maximum absolute atomic E-state index is 13.0. The highest BCUT2D eigenvalue weighted by atomic mass is 35.5. The Morgan fingerprint density at radius 1 is 1.04 bits per heavy atom. The highest BCUT2D eigenvalue weighted by Crippen LogP contribution is 2.26. The smallest absolute Gasteiger partial charge is 0.243 e. The van der Waals surface area contributed by atoms with E-state index in [1.165, 1.54) is 16.4 Å². The fourth-order valence-corrected chi connectivity index (χ4v) is 4.39. The van der Waals surface area contributed by atoms with Gasteiger partial charge in [-0.05, 0) is 42.5 Å². The van der Waals surface area contributed by atoms with E-state index in [2.05, 4.69) is 6.07 Å². The van der Waals surface area contributed by atoms with Gasteiger partial charge < -0.3 is 4.90 Å². The summed E-state index contributed by atoms with van der Waals surface area (Å²) in [6, 6.07) is 12.0. The Balaban J connectivity index is 1.76. The Labute approximate surface area is 150 Å². The molecule has 0 atom stereocenters. The van der Waals surface area contributed by atoms with E-state index in [4.69, 9.17) is 11.6 Å². The number of nitriles is 1. The van der Waals surface area contributed by atoms with Crippen molar-refractivity contribution in [2.45, 2.75) is 4.90 Å². The molecule has 0 unspecified atom stereocenters. The van der Waals surface area contributed by atoms with E-state index in [1.807, 2.05) is 4.90 Å². The molecule has 25 heavy (non-hydrogen) atoms. The molecule has 0 radical (unpaired) electrons. The van der Waals surface area contributed by atoms with Gasteiger partial charge in [0.1, 0.15) is 11.9 Å². The number of sulfonamides is 1. The molecule has 5 nitrogen and oxygen atoms in total. The van der Waals surface area contributed by atoms with Crippen molar-refractivity contribution in [3.8, 4) is 6.07 Å². The molecule has 0 saturated carbocycles. The number of hydrogen-bond donors (Lipinski definition) is 0. The van der Waals surface area contributed by atoms with Crippen LogP contribution in [0.25, 0.3) is 0 Å². The molecule has 0 amide bonds. The van der Waals surface area contributed by atoms with Gasteiger partial charge in [0, 0.05) is 31.2 Å². The van der Waals surface area contributed by atoms with Gasteiger partial charge >= 0.3 is 0 Å². The molecule has 0 N–H and O–H groups in total. The van der Waals surface area contributed by atoms with Gasteiger partial charge in [-0.3, -0.25) is 0 Å². The lowest BCUT2D eigenvalue weighted by atomic mass is 10.1. The second-order valence-corrected chi connectivity index (χ2v) is 7.99. The molecule has 1 aliphatic rings. The number of rotatable bonds is 3. The predicted molar refractivity (Wildman–Crippen MR) is 93.5 cm³/mol. The van der Waals surface area contributed by atoms with Gasteiger partial charge in [-0.2, -0.15) is 9.57 Å². The number of piperazine rings is 1. The summed E-state index contributed by atoms with van der Waals surface area (Å²) < 4.78 is 39.6. The van der Waals surface area contributed by atoms with Crippen molar-refractivity contribution in [3.05, 3.63) is 58.9 Å². The van der Waals surface area contributed by atoms with Crippen molar-refractivity contribution in [1.29, 1.82) is 5.26 Å². The van der Waals surface area contributed by atoms with Crippen molar-refractivity contribution in [1.82, 2.24) is 4.31 Å². The normalized spacial score (nSPS) is 15.8. The van der Waals surface area contributed by atoms with E-state index in [9.17, 15) is 18.1 Å². The predicted octanol–water partition coefficient (Wildman–Crippen LogP) is 2.86. The zero-order chi connectivity index (χ0) is 18.0. The molecular formula is C17H15ClFN3O2S. The highest BCUT2D eigenvalue weighted by molar-refractivity contribution is 7.89. The monoisotopic (exact) mass is 379 g/mol. The first kappa shape index (κ1) is 17.7. The van der Waals surface area contributed by atoms with Crippen molar-refractivity contribution >= 4 is 27.3 Å². The van der Waals surface area contributed by atoms with Gasteiger partial charge in [0.05, 0.1) is 16.1 Å². The van der Waals surface area contributed by atoms with Crippen LogP contribution in [0.1, 0.15) is 5.56 Å².